The van der Waals surface area contributed by atoms with Crippen molar-refractivity contribution < 1.29 is 24.0 Å². The van der Waals surface area contributed by atoms with Gasteiger partial charge in [0.25, 0.3) is 0 Å². The highest BCUT2D eigenvalue weighted by atomic mass is 79.9. The Bertz CT molecular complexity index is 677. The Morgan fingerprint density at radius 1 is 1.44 bits per heavy atom. The Balaban J connectivity index is 1.93. The van der Waals surface area contributed by atoms with Crippen LogP contribution in [-0.4, -0.2) is 30.3 Å². The predicted molar refractivity (Wildman–Crippen MR) is 92.7 cm³/mol. The summed E-state index contributed by atoms with van der Waals surface area (Å²) in [4.78, 5) is 34.5. The zero-order chi connectivity index (χ0) is 18.6. The number of nitrogens with zero attached hydrogens (tertiary/aromatic N) is 1. The molecule has 0 heterocycles. The summed E-state index contributed by atoms with van der Waals surface area (Å²) in [7, 11) is 1.56. The van der Waals surface area contributed by atoms with Gasteiger partial charge in [-0.25, -0.2) is 0 Å². The molecule has 1 saturated carbocycles. The number of hydrogen-bond donors (Lipinski definition) is 0. The Morgan fingerprint density at radius 3 is 2.76 bits per heavy atom. The Kier molecular flexibility index (Phi) is 6.52. The summed E-state index contributed by atoms with van der Waals surface area (Å²) in [5.74, 6) is -1.08. The molecule has 1 fully saturated rings. The van der Waals surface area contributed by atoms with Gasteiger partial charge in [0.05, 0.1) is 18.0 Å². The summed E-state index contributed by atoms with van der Waals surface area (Å²) in [5.41, 5.74) is 0.772. The minimum atomic E-state index is -0.629. The van der Waals surface area contributed by atoms with Crippen LogP contribution in [0.3, 0.4) is 0 Å². The fourth-order valence-electron chi connectivity index (χ4n) is 3.20. The number of carbonyl (C=O) groups is 2. The highest BCUT2D eigenvalue weighted by Crippen LogP contribution is 2.36. The summed E-state index contributed by atoms with van der Waals surface area (Å²) in [6, 6.07) is 5.31. The molecule has 7 nitrogen and oxygen atoms in total. The average Bonchev–Trinajstić information content (AvgIpc) is 2.79. The molecule has 25 heavy (non-hydrogen) atoms. The molecule has 2 rings (SSSR count). The van der Waals surface area contributed by atoms with Crippen molar-refractivity contribution in [3.63, 3.8) is 0 Å². The molecular formula is C17H20BrNO6. The summed E-state index contributed by atoms with van der Waals surface area (Å²) >= 11 is 3.36. The van der Waals surface area contributed by atoms with E-state index in [4.69, 9.17) is 9.47 Å². The molecule has 8 heteroatoms. The van der Waals surface area contributed by atoms with E-state index in [9.17, 15) is 19.7 Å². The van der Waals surface area contributed by atoms with Gasteiger partial charge in [0.1, 0.15) is 18.1 Å². The number of carbonyl (C=O) groups excluding carboxylic acids is 2. The van der Waals surface area contributed by atoms with Crippen molar-refractivity contribution in [2.45, 2.75) is 26.4 Å². The van der Waals surface area contributed by atoms with Gasteiger partial charge in [-0.1, -0.05) is 13.0 Å². The van der Waals surface area contributed by atoms with Crippen LogP contribution >= 0.6 is 15.9 Å². The minimum Gasteiger partial charge on any atom is -0.496 e. The number of nitro groups is 1. The van der Waals surface area contributed by atoms with Gasteiger partial charge in [0.15, 0.2) is 0 Å². The smallest absolute Gasteiger partial charge is 0.306 e. The number of halogens is 1. The molecule has 1 aromatic carbocycles. The lowest BCUT2D eigenvalue weighted by molar-refractivity contribution is -0.490. The fraction of sp³-hybridized carbons (Fsp3) is 0.529. The minimum absolute atomic E-state index is 0.0673. The van der Waals surface area contributed by atoms with Crippen LogP contribution in [0.15, 0.2) is 22.7 Å². The molecule has 136 valence electrons. The standard InChI is InChI=1S/C17H20BrNO6/c1-10-5-15(20)12(13(10)8-19(22)23)7-17(21)25-9-11-3-4-16(24-2)14(18)6-11/h3-4,6,10,12-13H,5,7-9H2,1-2H3/t10-,12-,13-/m1/s1. The molecule has 1 aliphatic rings. The van der Waals surface area contributed by atoms with E-state index in [1.54, 1.807) is 25.3 Å². The van der Waals surface area contributed by atoms with Crippen LogP contribution in [0.2, 0.25) is 0 Å². The van der Waals surface area contributed by atoms with E-state index >= 15 is 0 Å². The molecule has 0 saturated heterocycles. The molecule has 1 aromatic rings. The normalized spacial score (nSPS) is 22.7. The Hall–Kier alpha value is -1.96. The van der Waals surface area contributed by atoms with Crippen LogP contribution in [0.4, 0.5) is 0 Å². The maximum atomic E-state index is 12.1. The average molecular weight is 414 g/mol. The van der Waals surface area contributed by atoms with Crippen molar-refractivity contribution in [2.75, 3.05) is 13.7 Å². The number of benzene rings is 1. The third-order valence-corrected chi connectivity index (χ3v) is 5.17. The molecule has 0 aromatic heterocycles. The Labute approximate surface area is 154 Å². The van der Waals surface area contributed by atoms with Crippen LogP contribution in [0, 0.1) is 27.9 Å². The lowest BCUT2D eigenvalue weighted by Crippen LogP contribution is -2.27. The lowest BCUT2D eigenvalue weighted by Gasteiger charge is -2.17. The van der Waals surface area contributed by atoms with Crippen molar-refractivity contribution in [3.8, 4) is 5.75 Å². The van der Waals surface area contributed by atoms with Gasteiger partial charge in [0.2, 0.25) is 6.54 Å². The van der Waals surface area contributed by atoms with Gasteiger partial charge >= 0.3 is 5.97 Å². The summed E-state index contributed by atoms with van der Waals surface area (Å²) < 4.78 is 11.1. The van der Waals surface area contributed by atoms with Crippen molar-refractivity contribution >= 4 is 27.7 Å². The first-order valence-electron chi connectivity index (χ1n) is 7.94. The second-order valence-electron chi connectivity index (χ2n) is 6.27. The van der Waals surface area contributed by atoms with Gasteiger partial charge in [-0.05, 0) is 39.5 Å². The molecule has 0 radical (unpaired) electrons. The molecule has 1 aliphatic carbocycles. The van der Waals surface area contributed by atoms with Gasteiger partial charge in [0, 0.05) is 23.2 Å². The lowest BCUT2D eigenvalue weighted by atomic mass is 9.88. The zero-order valence-corrected chi connectivity index (χ0v) is 15.7. The van der Waals surface area contributed by atoms with Crippen LogP contribution in [0.25, 0.3) is 0 Å². The van der Waals surface area contributed by atoms with E-state index in [-0.39, 0.29) is 37.7 Å². The van der Waals surface area contributed by atoms with Crippen LogP contribution in [0.1, 0.15) is 25.3 Å². The predicted octanol–water partition coefficient (Wildman–Crippen LogP) is 3.01. The SMILES string of the molecule is COc1ccc(COC(=O)C[C@H]2C(=O)C[C@@H](C)[C@H]2C[N+](=O)[O-])cc1Br. The number of ketones is 1. The zero-order valence-electron chi connectivity index (χ0n) is 14.1. The maximum absolute atomic E-state index is 12.1. The summed E-state index contributed by atoms with van der Waals surface area (Å²) in [5, 5.41) is 10.8. The van der Waals surface area contributed by atoms with Crippen LogP contribution in [-0.2, 0) is 20.9 Å². The molecule has 3 atom stereocenters. The quantitative estimate of drug-likeness (QED) is 0.387. The first kappa shape index (κ1) is 19.4. The fourth-order valence-corrected chi connectivity index (χ4v) is 3.79. The molecule has 0 unspecified atom stereocenters. The first-order chi connectivity index (χ1) is 11.8. The van der Waals surface area contributed by atoms with Gasteiger partial charge in [-0.2, -0.15) is 0 Å². The molecule has 0 bridgehead atoms. The van der Waals surface area contributed by atoms with E-state index < -0.39 is 22.7 Å². The largest absolute Gasteiger partial charge is 0.496 e. The van der Waals surface area contributed by atoms with E-state index in [0.717, 1.165) is 10.0 Å². The first-order valence-corrected chi connectivity index (χ1v) is 8.73. The monoisotopic (exact) mass is 413 g/mol. The molecular weight excluding hydrogens is 394 g/mol. The van der Waals surface area contributed by atoms with E-state index in [0.29, 0.717) is 5.75 Å². The number of ether oxygens (including phenoxy) is 2. The summed E-state index contributed by atoms with van der Waals surface area (Å²) in [6.45, 7) is 1.58. The second-order valence-corrected chi connectivity index (χ2v) is 7.12. The molecule has 0 spiro atoms. The number of esters is 1. The van der Waals surface area contributed by atoms with Crippen LogP contribution in [0.5, 0.6) is 5.75 Å². The highest BCUT2D eigenvalue weighted by Gasteiger charge is 2.44. The van der Waals surface area contributed by atoms with Crippen molar-refractivity contribution in [1.82, 2.24) is 0 Å². The molecule has 0 amide bonds. The van der Waals surface area contributed by atoms with E-state index in [1.807, 2.05) is 6.92 Å². The second kappa shape index (κ2) is 8.42. The summed E-state index contributed by atoms with van der Waals surface area (Å²) in [6.07, 6.45) is 0.168. The maximum Gasteiger partial charge on any atom is 0.306 e. The third kappa shape index (κ3) is 5.01. The molecule has 0 N–H and O–H groups in total. The van der Waals surface area contributed by atoms with Gasteiger partial charge in [-0.15, -0.1) is 0 Å². The van der Waals surface area contributed by atoms with Crippen molar-refractivity contribution in [1.29, 1.82) is 0 Å². The Morgan fingerprint density at radius 2 is 2.16 bits per heavy atom. The highest BCUT2D eigenvalue weighted by molar-refractivity contribution is 9.10. The van der Waals surface area contributed by atoms with Gasteiger partial charge < -0.3 is 9.47 Å². The number of Topliss-reactive ketones (excluding diaryl/α,β-unsaturated/α-hetero) is 1. The molecule has 0 aliphatic heterocycles. The van der Waals surface area contributed by atoms with Crippen molar-refractivity contribution in [3.05, 3.63) is 38.3 Å². The van der Waals surface area contributed by atoms with E-state index in [2.05, 4.69) is 15.9 Å². The number of rotatable bonds is 7. The van der Waals surface area contributed by atoms with Crippen molar-refractivity contribution in [2.24, 2.45) is 17.8 Å². The number of methoxy groups -OCH3 is 1. The number of hydrogen-bond acceptors (Lipinski definition) is 6. The van der Waals surface area contributed by atoms with Gasteiger partial charge in [-0.3, -0.25) is 19.7 Å². The van der Waals surface area contributed by atoms with Crippen LogP contribution < -0.4 is 4.74 Å². The third-order valence-electron chi connectivity index (χ3n) is 4.55. The topological polar surface area (TPSA) is 95.7 Å². The van der Waals surface area contributed by atoms with E-state index in [1.165, 1.54) is 0 Å².